The van der Waals surface area contributed by atoms with Gasteiger partial charge in [0.2, 0.25) is 0 Å². The van der Waals surface area contributed by atoms with E-state index in [1.807, 2.05) is 60.7 Å². The van der Waals surface area contributed by atoms with E-state index in [1.165, 1.54) is 0 Å². The second-order valence-electron chi connectivity index (χ2n) is 7.34. The third-order valence-corrected chi connectivity index (χ3v) is 4.14. The summed E-state index contributed by atoms with van der Waals surface area (Å²) in [5, 5.41) is 21.4. The summed E-state index contributed by atoms with van der Waals surface area (Å²) in [6.07, 6.45) is -1.60. The van der Waals surface area contributed by atoms with Crippen molar-refractivity contribution >= 4 is 12.2 Å². The van der Waals surface area contributed by atoms with Crippen LogP contribution in [0.3, 0.4) is 0 Å². The van der Waals surface area contributed by atoms with Crippen molar-refractivity contribution < 1.29 is 29.4 Å². The van der Waals surface area contributed by atoms with Gasteiger partial charge in [0.15, 0.2) is 0 Å². The van der Waals surface area contributed by atoms with Crippen LogP contribution in [-0.2, 0) is 16.2 Å². The lowest BCUT2D eigenvalue weighted by atomic mass is 10.1. The van der Waals surface area contributed by atoms with Crippen LogP contribution in [0.1, 0.15) is 44.9 Å². The molecule has 1 atom stereocenters. The Morgan fingerprint density at radius 2 is 1.61 bits per heavy atom. The minimum atomic E-state index is -1.08. The quantitative estimate of drug-likeness (QED) is 0.535. The van der Waals surface area contributed by atoms with E-state index in [1.54, 1.807) is 27.7 Å². The average molecular weight is 433 g/mol. The summed E-state index contributed by atoms with van der Waals surface area (Å²) in [7, 11) is 0. The first kappa shape index (κ1) is 25.9. The number of aliphatic hydroxyl groups excluding tert-OH is 1. The van der Waals surface area contributed by atoms with Crippen LogP contribution in [0.5, 0.6) is 0 Å². The fraction of sp³-hybridized carbons (Fsp3) is 0.391. The molecule has 0 aromatic heterocycles. The number of hydrogen-bond donors (Lipinski definition) is 3. The van der Waals surface area contributed by atoms with E-state index in [0.29, 0.717) is 6.61 Å². The summed E-state index contributed by atoms with van der Waals surface area (Å²) in [4.78, 5) is 27.3. The van der Waals surface area contributed by atoms with Gasteiger partial charge in [-0.05, 0) is 38.8 Å². The van der Waals surface area contributed by atoms with Gasteiger partial charge in [0, 0.05) is 0 Å². The lowest BCUT2D eigenvalue weighted by Crippen LogP contribution is -2.46. The summed E-state index contributed by atoms with van der Waals surface area (Å²) >= 11 is 0. The van der Waals surface area contributed by atoms with E-state index >= 15 is 0 Å². The highest BCUT2D eigenvalue weighted by atomic mass is 16.7. The lowest BCUT2D eigenvalue weighted by molar-refractivity contribution is -0.150. The van der Waals surface area contributed by atoms with Crippen molar-refractivity contribution in [2.75, 3.05) is 13.2 Å². The van der Waals surface area contributed by atoms with Crippen molar-refractivity contribution in [2.24, 2.45) is 0 Å². The first-order valence-electron chi connectivity index (χ1n) is 10.00. The van der Waals surface area contributed by atoms with Crippen LogP contribution in [0.2, 0.25) is 0 Å². The van der Waals surface area contributed by atoms with E-state index < -0.39 is 17.7 Å². The molecule has 0 heterocycles. The molecule has 0 spiro atoms. The van der Waals surface area contributed by atoms with Gasteiger partial charge in [-0.25, -0.2) is 9.59 Å². The van der Waals surface area contributed by atoms with Gasteiger partial charge < -0.3 is 20.3 Å². The number of carbonyl (C=O) groups excluding carboxylic acids is 1. The summed E-state index contributed by atoms with van der Waals surface area (Å²) in [5.74, 6) is 0. The van der Waals surface area contributed by atoms with Crippen LogP contribution in [0.25, 0.3) is 0 Å². The first-order chi connectivity index (χ1) is 14.7. The van der Waals surface area contributed by atoms with Crippen LogP contribution in [0, 0.1) is 0 Å². The Kier molecular flexibility index (Phi) is 11.1. The number of alkyl carbamates (subject to hydrolysis) is 1. The molecular weight excluding hydrogens is 400 g/mol. The Morgan fingerprint density at radius 3 is 2.10 bits per heavy atom. The van der Waals surface area contributed by atoms with Crippen molar-refractivity contribution in [3.63, 3.8) is 0 Å². The molecule has 0 bridgehead atoms. The highest BCUT2D eigenvalue weighted by Gasteiger charge is 2.21. The number of amides is 2. The maximum Gasteiger partial charge on any atom is 0.432 e. The van der Waals surface area contributed by atoms with Gasteiger partial charge in [0.1, 0.15) is 6.61 Å². The molecule has 0 aliphatic carbocycles. The number of carboxylic acid groups (broad SMARTS) is 1. The molecule has 2 aromatic carbocycles. The summed E-state index contributed by atoms with van der Waals surface area (Å²) < 4.78 is 5.00. The number of nitrogens with zero attached hydrogens (tertiary/aromatic N) is 1. The molecule has 0 saturated carbocycles. The van der Waals surface area contributed by atoms with Gasteiger partial charge in [-0.3, -0.25) is 4.84 Å². The standard InChI is InChI=1S/C12H17NO3.C11H15NO3/c1-12(2,9-14)13-11(15)16-8-10-6-4-3-5-7-10;1-3-15-12(11(13)14)9(2)10-7-5-4-6-8-10/h3-7,14H,8-9H2,1-2H3,(H,13,15);4-9H,3H2,1-2H3,(H,13,14). The van der Waals surface area contributed by atoms with Crippen molar-refractivity contribution in [3.8, 4) is 0 Å². The summed E-state index contributed by atoms with van der Waals surface area (Å²) in [5.41, 5.74) is 1.18. The van der Waals surface area contributed by atoms with Crippen molar-refractivity contribution in [1.29, 1.82) is 0 Å². The molecule has 2 rings (SSSR count). The maximum atomic E-state index is 11.3. The molecule has 31 heavy (non-hydrogen) atoms. The first-order valence-corrected chi connectivity index (χ1v) is 10.00. The van der Waals surface area contributed by atoms with Crippen LogP contribution >= 0.6 is 0 Å². The second kappa shape index (κ2) is 13.3. The molecule has 8 heteroatoms. The molecule has 8 nitrogen and oxygen atoms in total. The monoisotopic (exact) mass is 432 g/mol. The molecule has 0 aliphatic heterocycles. The number of rotatable bonds is 8. The summed E-state index contributed by atoms with van der Waals surface area (Å²) in [6.45, 7) is 7.42. The van der Waals surface area contributed by atoms with Crippen molar-refractivity contribution in [2.45, 2.75) is 45.9 Å². The van der Waals surface area contributed by atoms with Gasteiger partial charge in [0.05, 0.1) is 24.8 Å². The highest BCUT2D eigenvalue weighted by molar-refractivity contribution is 5.68. The van der Waals surface area contributed by atoms with E-state index in [2.05, 4.69) is 5.32 Å². The zero-order chi connectivity index (χ0) is 23.3. The smallest absolute Gasteiger partial charge is 0.432 e. The Hall–Kier alpha value is -3.10. The van der Waals surface area contributed by atoms with Crippen molar-refractivity contribution in [3.05, 3.63) is 71.8 Å². The number of nitrogens with one attached hydrogen (secondary N) is 1. The molecule has 1 unspecified atom stereocenters. The molecule has 0 fully saturated rings. The molecule has 2 aromatic rings. The minimum absolute atomic E-state index is 0.132. The van der Waals surface area contributed by atoms with E-state index in [9.17, 15) is 9.59 Å². The van der Waals surface area contributed by atoms with Gasteiger partial charge in [0.25, 0.3) is 0 Å². The SMILES string of the molecule is CC(C)(CO)NC(=O)OCc1ccccc1.CCON(C(=O)O)C(C)c1ccccc1. The number of carbonyl (C=O) groups is 2. The lowest BCUT2D eigenvalue weighted by Gasteiger charge is -2.24. The van der Waals surface area contributed by atoms with Crippen molar-refractivity contribution in [1.82, 2.24) is 10.4 Å². The fourth-order valence-corrected chi connectivity index (χ4v) is 2.41. The molecule has 0 aliphatic rings. The number of aliphatic hydroxyl groups is 1. The Labute approximate surface area is 183 Å². The van der Waals surface area contributed by atoms with Crippen LogP contribution in [0.4, 0.5) is 9.59 Å². The third kappa shape index (κ3) is 9.97. The number of ether oxygens (including phenoxy) is 1. The zero-order valence-corrected chi connectivity index (χ0v) is 18.4. The molecule has 2 amide bonds. The van der Waals surface area contributed by atoms with Gasteiger partial charge in [-0.2, -0.15) is 5.06 Å². The average Bonchev–Trinajstić information content (AvgIpc) is 2.77. The summed E-state index contributed by atoms with van der Waals surface area (Å²) in [6, 6.07) is 18.5. The Balaban J connectivity index is 0.000000311. The maximum absolute atomic E-state index is 11.3. The molecule has 0 radical (unpaired) electrons. The molecule has 3 N–H and O–H groups in total. The minimum Gasteiger partial charge on any atom is -0.463 e. The van der Waals surface area contributed by atoms with E-state index in [-0.39, 0.29) is 19.3 Å². The van der Waals surface area contributed by atoms with Gasteiger partial charge in [-0.1, -0.05) is 60.7 Å². The number of hydrogen-bond acceptors (Lipinski definition) is 5. The Bertz CT molecular complexity index is 783. The van der Waals surface area contributed by atoms with E-state index in [0.717, 1.165) is 16.2 Å². The largest absolute Gasteiger partial charge is 0.463 e. The Morgan fingerprint density at radius 1 is 1.06 bits per heavy atom. The van der Waals surface area contributed by atoms with E-state index in [4.69, 9.17) is 19.8 Å². The van der Waals surface area contributed by atoms with Crippen LogP contribution in [0.15, 0.2) is 60.7 Å². The molecule has 0 saturated heterocycles. The third-order valence-electron chi connectivity index (χ3n) is 4.14. The second-order valence-corrected chi connectivity index (χ2v) is 7.34. The predicted molar refractivity (Wildman–Crippen MR) is 117 cm³/mol. The van der Waals surface area contributed by atoms with Gasteiger partial charge in [-0.15, -0.1) is 0 Å². The predicted octanol–water partition coefficient (Wildman–Crippen LogP) is 4.36. The molecule has 170 valence electrons. The highest BCUT2D eigenvalue weighted by Crippen LogP contribution is 2.20. The zero-order valence-electron chi connectivity index (χ0n) is 18.4. The fourth-order valence-electron chi connectivity index (χ4n) is 2.41. The van der Waals surface area contributed by atoms with Gasteiger partial charge >= 0.3 is 12.2 Å². The number of benzene rings is 2. The molecular formula is C23H32N2O6. The van der Waals surface area contributed by atoms with Crippen LogP contribution in [-0.4, -0.2) is 46.2 Å². The normalized spacial score (nSPS) is 11.5. The topological polar surface area (TPSA) is 108 Å². The van der Waals surface area contributed by atoms with Crippen LogP contribution < -0.4 is 5.32 Å². The number of hydroxylamine groups is 2.